The van der Waals surface area contributed by atoms with Gasteiger partial charge in [0.1, 0.15) is 6.04 Å². The van der Waals surface area contributed by atoms with Crippen LogP contribution in [0.25, 0.3) is 0 Å². The number of carbonyl (C=O) groups is 1. The van der Waals surface area contributed by atoms with Gasteiger partial charge in [-0.2, -0.15) is 5.26 Å². The first-order valence-electron chi connectivity index (χ1n) is 5.39. The van der Waals surface area contributed by atoms with Crippen molar-refractivity contribution in [2.75, 3.05) is 7.05 Å². The summed E-state index contributed by atoms with van der Waals surface area (Å²) < 4.78 is 0. The van der Waals surface area contributed by atoms with E-state index in [2.05, 4.69) is 6.07 Å². The van der Waals surface area contributed by atoms with Crippen molar-refractivity contribution in [2.24, 2.45) is 5.92 Å². The Morgan fingerprint density at radius 1 is 1.35 bits per heavy atom. The van der Waals surface area contributed by atoms with Crippen molar-refractivity contribution < 1.29 is 4.79 Å². The molecule has 0 aliphatic carbocycles. The lowest BCUT2D eigenvalue weighted by atomic mass is 10.1. The average molecular weight is 251 g/mol. The summed E-state index contributed by atoms with van der Waals surface area (Å²) in [4.78, 5) is 13.3. The fourth-order valence-electron chi connectivity index (χ4n) is 1.56. The van der Waals surface area contributed by atoms with Crippen LogP contribution >= 0.6 is 11.6 Å². The fraction of sp³-hybridized carbons (Fsp3) is 0.385. The molecule has 1 atom stereocenters. The van der Waals surface area contributed by atoms with Crippen LogP contribution in [-0.4, -0.2) is 17.9 Å². The molecule has 0 saturated heterocycles. The van der Waals surface area contributed by atoms with Crippen LogP contribution in [0.4, 0.5) is 0 Å². The third kappa shape index (κ3) is 3.21. The number of benzene rings is 1. The average Bonchev–Trinajstić information content (AvgIpc) is 2.31. The highest BCUT2D eigenvalue weighted by molar-refractivity contribution is 6.30. The molecule has 0 saturated carbocycles. The summed E-state index contributed by atoms with van der Waals surface area (Å²) in [6.07, 6.45) is 0. The molecule has 17 heavy (non-hydrogen) atoms. The van der Waals surface area contributed by atoms with E-state index in [1.807, 2.05) is 13.8 Å². The Bertz CT molecular complexity index is 434. The predicted molar refractivity (Wildman–Crippen MR) is 67.4 cm³/mol. The Balaban J connectivity index is 2.97. The maximum absolute atomic E-state index is 11.8. The number of carbonyl (C=O) groups excluding carboxylic acids is 1. The molecule has 3 nitrogen and oxygen atoms in total. The monoisotopic (exact) mass is 250 g/mol. The van der Waals surface area contributed by atoms with Gasteiger partial charge >= 0.3 is 0 Å². The number of rotatable bonds is 3. The van der Waals surface area contributed by atoms with Crippen LogP contribution in [0.1, 0.15) is 25.5 Å². The van der Waals surface area contributed by atoms with Gasteiger partial charge in [-0.1, -0.05) is 37.6 Å². The second-order valence-electron chi connectivity index (χ2n) is 4.19. The molecule has 1 aromatic rings. The number of nitriles is 1. The normalized spacial score (nSPS) is 12.0. The molecule has 1 rings (SSSR count). The van der Waals surface area contributed by atoms with E-state index in [1.165, 1.54) is 4.90 Å². The van der Waals surface area contributed by atoms with Gasteiger partial charge in [0.05, 0.1) is 6.07 Å². The lowest BCUT2D eigenvalue weighted by Crippen LogP contribution is -2.33. The molecule has 1 aromatic carbocycles. The summed E-state index contributed by atoms with van der Waals surface area (Å²) in [6, 6.07) is 8.53. The van der Waals surface area contributed by atoms with Gasteiger partial charge < -0.3 is 4.90 Å². The van der Waals surface area contributed by atoms with Gasteiger partial charge in [-0.15, -0.1) is 0 Å². The molecule has 1 unspecified atom stereocenters. The minimum Gasteiger partial charge on any atom is -0.326 e. The third-order valence-corrected chi connectivity index (χ3v) is 2.79. The number of hydrogen-bond donors (Lipinski definition) is 0. The van der Waals surface area contributed by atoms with Crippen LogP contribution in [0, 0.1) is 17.2 Å². The van der Waals surface area contributed by atoms with Gasteiger partial charge in [-0.25, -0.2) is 0 Å². The molecular weight excluding hydrogens is 236 g/mol. The lowest BCUT2D eigenvalue weighted by molar-refractivity contribution is -0.134. The van der Waals surface area contributed by atoms with Gasteiger partial charge in [-0.3, -0.25) is 4.79 Å². The summed E-state index contributed by atoms with van der Waals surface area (Å²) in [5.74, 6) is -0.172. The number of nitrogens with zero attached hydrogens (tertiary/aromatic N) is 2. The zero-order chi connectivity index (χ0) is 13.0. The number of amides is 1. The largest absolute Gasteiger partial charge is 0.326 e. The highest BCUT2D eigenvalue weighted by Gasteiger charge is 2.22. The highest BCUT2D eigenvalue weighted by Crippen LogP contribution is 2.22. The number of hydrogen-bond acceptors (Lipinski definition) is 2. The highest BCUT2D eigenvalue weighted by atomic mass is 35.5. The topological polar surface area (TPSA) is 44.1 Å². The van der Waals surface area contributed by atoms with Crippen molar-refractivity contribution in [3.05, 3.63) is 34.9 Å². The van der Waals surface area contributed by atoms with E-state index in [-0.39, 0.29) is 11.8 Å². The van der Waals surface area contributed by atoms with Gasteiger partial charge in [-0.05, 0) is 17.7 Å². The first-order valence-corrected chi connectivity index (χ1v) is 5.77. The molecule has 1 amide bonds. The zero-order valence-electron chi connectivity index (χ0n) is 10.1. The molecule has 0 fully saturated rings. The maximum Gasteiger partial charge on any atom is 0.226 e. The van der Waals surface area contributed by atoms with Crippen molar-refractivity contribution >= 4 is 17.5 Å². The quantitative estimate of drug-likeness (QED) is 0.828. The summed E-state index contributed by atoms with van der Waals surface area (Å²) in [7, 11) is 1.64. The van der Waals surface area contributed by atoms with Gasteiger partial charge in [0, 0.05) is 18.0 Å². The van der Waals surface area contributed by atoms with Crippen LogP contribution in [-0.2, 0) is 4.79 Å². The molecule has 0 radical (unpaired) electrons. The zero-order valence-corrected chi connectivity index (χ0v) is 10.9. The first kappa shape index (κ1) is 13.5. The molecular formula is C13H15ClN2O. The molecule has 0 spiro atoms. The second kappa shape index (κ2) is 5.70. The van der Waals surface area contributed by atoms with Crippen molar-refractivity contribution in [1.82, 2.24) is 4.90 Å². The lowest BCUT2D eigenvalue weighted by Gasteiger charge is -2.24. The number of halogens is 1. The van der Waals surface area contributed by atoms with Crippen LogP contribution in [0.15, 0.2) is 24.3 Å². The third-order valence-electron chi connectivity index (χ3n) is 2.54. The molecule has 0 aromatic heterocycles. The predicted octanol–water partition coefficient (Wildman–Crippen LogP) is 3.02. The van der Waals surface area contributed by atoms with E-state index >= 15 is 0 Å². The molecule has 0 heterocycles. The Morgan fingerprint density at radius 3 is 2.29 bits per heavy atom. The SMILES string of the molecule is CC(C)C(=O)N(C)C(C#N)c1ccc(Cl)cc1. The molecule has 0 bridgehead atoms. The summed E-state index contributed by atoms with van der Waals surface area (Å²) in [5.41, 5.74) is 0.772. The standard InChI is InChI=1S/C13H15ClN2O/c1-9(2)13(17)16(3)12(8-15)10-4-6-11(14)7-5-10/h4-7,9,12H,1-3H3. The van der Waals surface area contributed by atoms with E-state index in [9.17, 15) is 10.1 Å². The fourth-order valence-corrected chi connectivity index (χ4v) is 1.69. The van der Waals surface area contributed by atoms with Crippen LogP contribution in [0.2, 0.25) is 5.02 Å². The molecule has 4 heteroatoms. The molecule has 0 aliphatic heterocycles. The van der Waals surface area contributed by atoms with Crippen molar-refractivity contribution in [1.29, 1.82) is 5.26 Å². The first-order chi connectivity index (χ1) is 7.97. The summed E-state index contributed by atoms with van der Waals surface area (Å²) in [5, 5.41) is 9.79. The van der Waals surface area contributed by atoms with Crippen LogP contribution in [0.3, 0.4) is 0 Å². The van der Waals surface area contributed by atoms with Gasteiger partial charge in [0.2, 0.25) is 5.91 Å². The molecule has 90 valence electrons. The van der Waals surface area contributed by atoms with E-state index in [0.717, 1.165) is 5.56 Å². The summed E-state index contributed by atoms with van der Waals surface area (Å²) >= 11 is 5.79. The summed E-state index contributed by atoms with van der Waals surface area (Å²) in [6.45, 7) is 3.63. The van der Waals surface area contributed by atoms with E-state index in [0.29, 0.717) is 5.02 Å². The van der Waals surface area contributed by atoms with Crippen LogP contribution < -0.4 is 0 Å². The van der Waals surface area contributed by atoms with E-state index in [4.69, 9.17) is 11.6 Å². The van der Waals surface area contributed by atoms with Gasteiger partial charge in [0.15, 0.2) is 0 Å². The molecule has 0 aliphatic rings. The van der Waals surface area contributed by atoms with Crippen molar-refractivity contribution in [3.8, 4) is 6.07 Å². The molecule has 0 N–H and O–H groups in total. The second-order valence-corrected chi connectivity index (χ2v) is 4.62. The Kier molecular flexibility index (Phi) is 4.53. The van der Waals surface area contributed by atoms with Crippen molar-refractivity contribution in [2.45, 2.75) is 19.9 Å². The maximum atomic E-state index is 11.8. The van der Waals surface area contributed by atoms with E-state index in [1.54, 1.807) is 31.3 Å². The van der Waals surface area contributed by atoms with E-state index < -0.39 is 6.04 Å². The smallest absolute Gasteiger partial charge is 0.226 e. The minimum absolute atomic E-state index is 0.0495. The van der Waals surface area contributed by atoms with Crippen molar-refractivity contribution in [3.63, 3.8) is 0 Å². The Labute approximate surface area is 107 Å². The van der Waals surface area contributed by atoms with Crippen LogP contribution in [0.5, 0.6) is 0 Å². The minimum atomic E-state index is -0.567. The Hall–Kier alpha value is -1.53. The van der Waals surface area contributed by atoms with Gasteiger partial charge in [0.25, 0.3) is 0 Å². The Morgan fingerprint density at radius 2 is 1.88 bits per heavy atom.